The maximum absolute atomic E-state index is 13.1. The molecule has 6 nitrogen and oxygen atoms in total. The van der Waals surface area contributed by atoms with Crippen molar-refractivity contribution in [1.82, 2.24) is 9.80 Å². The molecule has 0 aromatic heterocycles. The molecule has 7 heteroatoms. The van der Waals surface area contributed by atoms with Gasteiger partial charge in [-0.15, -0.1) is 0 Å². The number of benzene rings is 3. The van der Waals surface area contributed by atoms with Crippen LogP contribution in [0.15, 0.2) is 66.7 Å². The number of rotatable bonds is 7. The monoisotopic (exact) mass is 530 g/mol. The number of aryl methyl sites for hydroxylation is 1. The summed E-state index contributed by atoms with van der Waals surface area (Å²) in [5.41, 5.74) is 4.80. The summed E-state index contributed by atoms with van der Waals surface area (Å²) in [6, 6.07) is 20.2. The van der Waals surface area contributed by atoms with Gasteiger partial charge in [0.15, 0.2) is 0 Å². The number of likely N-dealkylation sites (tertiary alicyclic amines) is 1. The second kappa shape index (κ2) is 12.0. The van der Waals surface area contributed by atoms with Crippen LogP contribution >= 0.6 is 0 Å². The number of carbonyl (C=O) groups excluding carboxylic acids is 2. The molecule has 1 atom stereocenters. The highest BCUT2D eigenvalue weighted by molar-refractivity contribution is 5.94. The van der Waals surface area contributed by atoms with Crippen LogP contribution < -0.4 is 4.74 Å². The second-order valence-corrected chi connectivity index (χ2v) is 10.6. The zero-order valence-corrected chi connectivity index (χ0v) is 22.6. The number of fused-ring (bicyclic) bond motifs is 1. The largest absolute Gasteiger partial charge is 0.464 e. The molecule has 1 fully saturated rings. The first kappa shape index (κ1) is 26.9. The molecule has 2 amide bonds. The van der Waals surface area contributed by atoms with Crippen molar-refractivity contribution in [1.29, 1.82) is 0 Å². The fourth-order valence-corrected chi connectivity index (χ4v) is 5.29. The van der Waals surface area contributed by atoms with Gasteiger partial charge in [-0.3, -0.25) is 9.59 Å². The molecule has 204 valence electrons. The molecule has 0 aliphatic carbocycles. The molecule has 0 N–H and O–H groups in total. The number of carbonyl (C=O) groups is 2. The molecule has 0 saturated carbocycles. The zero-order chi connectivity index (χ0) is 27.4. The molecule has 39 heavy (non-hydrogen) atoms. The predicted molar refractivity (Wildman–Crippen MR) is 148 cm³/mol. The van der Waals surface area contributed by atoms with Crippen LogP contribution in [0.5, 0.6) is 5.75 Å². The fourth-order valence-electron chi connectivity index (χ4n) is 5.29. The van der Waals surface area contributed by atoms with Crippen molar-refractivity contribution in [2.75, 3.05) is 27.2 Å². The Balaban J connectivity index is 1.10. The number of halogens is 1. The van der Waals surface area contributed by atoms with E-state index < -0.39 is 0 Å². The lowest BCUT2D eigenvalue weighted by Gasteiger charge is -2.37. The van der Waals surface area contributed by atoms with E-state index in [1.807, 2.05) is 41.3 Å². The maximum Gasteiger partial charge on any atom is 0.253 e. The summed E-state index contributed by atoms with van der Waals surface area (Å²) in [5.74, 6) is 1.00. The summed E-state index contributed by atoms with van der Waals surface area (Å²) in [6.07, 6.45) is 3.42. The predicted octanol–water partition coefficient (Wildman–Crippen LogP) is 5.69. The molecule has 3 aromatic rings. The molecule has 2 aliphatic rings. The van der Waals surface area contributed by atoms with Crippen molar-refractivity contribution < 1.29 is 23.5 Å². The molecule has 3 aromatic carbocycles. The van der Waals surface area contributed by atoms with Crippen molar-refractivity contribution in [3.63, 3.8) is 0 Å². The number of hydrogen-bond donors (Lipinski definition) is 0. The molecule has 0 bridgehead atoms. The van der Waals surface area contributed by atoms with Gasteiger partial charge in [0.1, 0.15) is 11.6 Å². The molecule has 0 radical (unpaired) electrons. The van der Waals surface area contributed by atoms with E-state index >= 15 is 0 Å². The Bertz CT molecular complexity index is 1300. The standard InChI is InChI=1S/C32H35FN2O4/c1-34(2)31(37)24-10-8-23(9-11-24)26-12-15-29-27(20-26)21-38-32(39-29)25-16-18-35(19-17-25)30(36)5-3-4-22-6-13-28(33)14-7-22/h6-15,20,25,32H,3-5,16-19,21H2,1-2H3. The third kappa shape index (κ3) is 6.48. The lowest BCUT2D eigenvalue weighted by atomic mass is 9.94. The molecule has 1 saturated heterocycles. The number of amides is 2. The van der Waals surface area contributed by atoms with Crippen LogP contribution in [0.1, 0.15) is 47.2 Å². The van der Waals surface area contributed by atoms with Gasteiger partial charge in [0.25, 0.3) is 5.91 Å². The van der Waals surface area contributed by atoms with Gasteiger partial charge in [-0.05, 0) is 78.8 Å². The highest BCUT2D eigenvalue weighted by Crippen LogP contribution is 2.35. The summed E-state index contributed by atoms with van der Waals surface area (Å²) in [5, 5.41) is 0. The molecule has 2 heterocycles. The molecular weight excluding hydrogens is 495 g/mol. The summed E-state index contributed by atoms with van der Waals surface area (Å²) in [4.78, 5) is 28.4. The van der Waals surface area contributed by atoms with Crippen molar-refractivity contribution in [2.45, 2.75) is 45.0 Å². The number of ether oxygens (including phenoxy) is 2. The Morgan fingerprint density at radius 2 is 1.64 bits per heavy atom. The van der Waals surface area contributed by atoms with Crippen LogP contribution in [0.4, 0.5) is 4.39 Å². The summed E-state index contributed by atoms with van der Waals surface area (Å²) in [6.45, 7) is 1.90. The van der Waals surface area contributed by atoms with Crippen LogP contribution in [-0.2, 0) is 22.6 Å². The first-order chi connectivity index (χ1) is 18.9. The average molecular weight is 531 g/mol. The van der Waals surface area contributed by atoms with Gasteiger partial charge < -0.3 is 19.3 Å². The summed E-state index contributed by atoms with van der Waals surface area (Å²) in [7, 11) is 3.49. The minimum absolute atomic E-state index is 0.0168. The Kier molecular flexibility index (Phi) is 8.27. The molecular formula is C32H35FN2O4. The van der Waals surface area contributed by atoms with Crippen LogP contribution in [-0.4, -0.2) is 55.1 Å². The fraction of sp³-hybridized carbons (Fsp3) is 0.375. The van der Waals surface area contributed by atoms with Gasteiger partial charge in [0, 0.05) is 50.7 Å². The van der Waals surface area contributed by atoms with Gasteiger partial charge in [-0.2, -0.15) is 0 Å². The van der Waals surface area contributed by atoms with Crippen LogP contribution in [0.3, 0.4) is 0 Å². The van der Waals surface area contributed by atoms with Crippen molar-refractivity contribution in [3.8, 4) is 16.9 Å². The third-order valence-corrected chi connectivity index (χ3v) is 7.62. The van der Waals surface area contributed by atoms with Crippen molar-refractivity contribution in [3.05, 3.63) is 89.2 Å². The van der Waals surface area contributed by atoms with E-state index in [4.69, 9.17) is 9.47 Å². The summed E-state index contributed by atoms with van der Waals surface area (Å²) < 4.78 is 25.4. The van der Waals surface area contributed by atoms with Crippen LogP contribution in [0.25, 0.3) is 11.1 Å². The van der Waals surface area contributed by atoms with E-state index in [0.717, 1.165) is 53.7 Å². The van der Waals surface area contributed by atoms with E-state index in [-0.39, 0.29) is 29.8 Å². The number of piperidine rings is 1. The lowest BCUT2D eigenvalue weighted by molar-refractivity contribution is -0.154. The van der Waals surface area contributed by atoms with Crippen molar-refractivity contribution >= 4 is 11.8 Å². The maximum atomic E-state index is 13.1. The van der Waals surface area contributed by atoms with Gasteiger partial charge in [-0.1, -0.05) is 30.3 Å². The van der Waals surface area contributed by atoms with Crippen LogP contribution in [0.2, 0.25) is 0 Å². The second-order valence-electron chi connectivity index (χ2n) is 10.6. The zero-order valence-electron chi connectivity index (χ0n) is 22.6. The van der Waals surface area contributed by atoms with Gasteiger partial charge in [0.05, 0.1) is 6.61 Å². The quantitative estimate of drug-likeness (QED) is 0.394. The average Bonchev–Trinajstić information content (AvgIpc) is 2.97. The van der Waals surface area contributed by atoms with E-state index in [0.29, 0.717) is 31.7 Å². The molecule has 2 aliphatic heterocycles. The first-order valence-corrected chi connectivity index (χ1v) is 13.6. The van der Waals surface area contributed by atoms with Gasteiger partial charge in [-0.25, -0.2) is 4.39 Å². The minimum Gasteiger partial charge on any atom is -0.464 e. The smallest absolute Gasteiger partial charge is 0.253 e. The lowest BCUT2D eigenvalue weighted by Crippen LogP contribution is -2.44. The van der Waals surface area contributed by atoms with E-state index in [2.05, 4.69) is 6.07 Å². The Morgan fingerprint density at radius 1 is 0.949 bits per heavy atom. The topological polar surface area (TPSA) is 59.1 Å². The van der Waals surface area contributed by atoms with E-state index in [1.165, 1.54) is 12.1 Å². The van der Waals surface area contributed by atoms with Crippen molar-refractivity contribution in [2.24, 2.45) is 5.92 Å². The Morgan fingerprint density at radius 3 is 2.33 bits per heavy atom. The van der Waals surface area contributed by atoms with Crippen LogP contribution in [0, 0.1) is 11.7 Å². The Hall–Kier alpha value is -3.71. The Labute approximate surface area is 229 Å². The van der Waals surface area contributed by atoms with E-state index in [9.17, 15) is 14.0 Å². The molecule has 1 unspecified atom stereocenters. The normalized spacial score (nSPS) is 17.3. The van der Waals surface area contributed by atoms with Gasteiger partial charge in [0.2, 0.25) is 12.2 Å². The highest BCUT2D eigenvalue weighted by atomic mass is 19.1. The summed E-state index contributed by atoms with van der Waals surface area (Å²) >= 11 is 0. The third-order valence-electron chi connectivity index (χ3n) is 7.62. The molecule has 0 spiro atoms. The first-order valence-electron chi connectivity index (χ1n) is 13.6. The SMILES string of the molecule is CN(C)C(=O)c1ccc(-c2ccc3c(c2)COC(C2CCN(C(=O)CCCc4ccc(F)cc4)CC2)O3)cc1. The van der Waals surface area contributed by atoms with E-state index in [1.54, 1.807) is 31.1 Å². The highest BCUT2D eigenvalue weighted by Gasteiger charge is 2.33. The number of hydrogen-bond acceptors (Lipinski definition) is 4. The number of nitrogens with zero attached hydrogens (tertiary/aromatic N) is 2. The van der Waals surface area contributed by atoms with Gasteiger partial charge >= 0.3 is 0 Å². The molecule has 5 rings (SSSR count). The minimum atomic E-state index is -0.310.